The lowest BCUT2D eigenvalue weighted by molar-refractivity contribution is 0.0948. The first-order chi connectivity index (χ1) is 12.6. The zero-order valence-electron chi connectivity index (χ0n) is 14.4. The highest BCUT2D eigenvalue weighted by molar-refractivity contribution is 5.99. The molecule has 130 valence electrons. The standard InChI is InChI=1S/C19H17N5O2/c1-12-13(2)26-17(23-12)11-21-19(25)15-10-22-24-16(8-9-20-18(15)24)14-6-4-3-5-7-14/h3-10H,11H2,1-2H3,(H,21,25). The molecule has 0 spiro atoms. The Balaban J connectivity index is 1.62. The van der Waals surface area contributed by atoms with Crippen LogP contribution in [-0.4, -0.2) is 25.5 Å². The lowest BCUT2D eigenvalue weighted by Crippen LogP contribution is -2.23. The molecule has 0 saturated carbocycles. The minimum absolute atomic E-state index is 0.212. The molecule has 1 N–H and O–H groups in total. The Morgan fingerprint density at radius 1 is 1.19 bits per heavy atom. The van der Waals surface area contributed by atoms with E-state index in [-0.39, 0.29) is 12.5 Å². The maximum Gasteiger partial charge on any atom is 0.257 e. The van der Waals surface area contributed by atoms with Crippen LogP contribution in [0.2, 0.25) is 0 Å². The van der Waals surface area contributed by atoms with Gasteiger partial charge in [0.2, 0.25) is 5.89 Å². The molecule has 7 nitrogen and oxygen atoms in total. The summed E-state index contributed by atoms with van der Waals surface area (Å²) in [5, 5.41) is 7.15. The van der Waals surface area contributed by atoms with Crippen molar-refractivity contribution in [2.24, 2.45) is 0 Å². The number of oxazole rings is 1. The largest absolute Gasteiger partial charge is 0.444 e. The van der Waals surface area contributed by atoms with Crippen LogP contribution in [0.4, 0.5) is 0 Å². The number of aromatic nitrogens is 4. The van der Waals surface area contributed by atoms with Gasteiger partial charge < -0.3 is 9.73 Å². The van der Waals surface area contributed by atoms with Crippen LogP contribution in [-0.2, 0) is 6.54 Å². The van der Waals surface area contributed by atoms with Crippen molar-refractivity contribution in [1.29, 1.82) is 0 Å². The van der Waals surface area contributed by atoms with Crippen LogP contribution in [0.1, 0.15) is 27.7 Å². The number of carbonyl (C=O) groups excluding carboxylic acids is 1. The molecular formula is C19H17N5O2. The van der Waals surface area contributed by atoms with Gasteiger partial charge in [0.1, 0.15) is 11.3 Å². The van der Waals surface area contributed by atoms with Crippen molar-refractivity contribution in [3.63, 3.8) is 0 Å². The van der Waals surface area contributed by atoms with Crippen molar-refractivity contribution in [3.05, 3.63) is 71.7 Å². The molecule has 7 heteroatoms. The predicted molar refractivity (Wildman–Crippen MR) is 95.6 cm³/mol. The molecule has 4 aromatic rings. The number of amides is 1. The van der Waals surface area contributed by atoms with E-state index in [0.717, 1.165) is 22.7 Å². The minimum Gasteiger partial charge on any atom is -0.444 e. The summed E-state index contributed by atoms with van der Waals surface area (Å²) in [7, 11) is 0. The monoisotopic (exact) mass is 347 g/mol. The third-order valence-electron chi connectivity index (χ3n) is 4.19. The molecule has 0 unspecified atom stereocenters. The molecule has 4 rings (SSSR count). The van der Waals surface area contributed by atoms with Gasteiger partial charge in [-0.3, -0.25) is 4.79 Å². The summed E-state index contributed by atoms with van der Waals surface area (Å²) in [6.07, 6.45) is 3.20. The highest BCUT2D eigenvalue weighted by atomic mass is 16.4. The van der Waals surface area contributed by atoms with E-state index in [1.165, 1.54) is 6.20 Å². The fourth-order valence-electron chi connectivity index (χ4n) is 2.75. The second kappa shape index (κ2) is 6.44. The number of nitrogens with one attached hydrogen (secondary N) is 1. The molecule has 3 aromatic heterocycles. The average molecular weight is 347 g/mol. The summed E-state index contributed by atoms with van der Waals surface area (Å²) in [5.74, 6) is 0.952. The molecule has 3 heterocycles. The number of fused-ring (bicyclic) bond motifs is 1. The lowest BCUT2D eigenvalue weighted by atomic mass is 10.1. The van der Waals surface area contributed by atoms with Crippen molar-refractivity contribution in [2.75, 3.05) is 0 Å². The number of nitrogens with zero attached hydrogens (tertiary/aromatic N) is 4. The lowest BCUT2D eigenvalue weighted by Gasteiger charge is -2.05. The van der Waals surface area contributed by atoms with Crippen molar-refractivity contribution in [3.8, 4) is 11.3 Å². The maximum atomic E-state index is 12.6. The molecule has 0 fully saturated rings. The summed E-state index contributed by atoms with van der Waals surface area (Å²) in [6, 6.07) is 11.7. The third kappa shape index (κ3) is 2.83. The molecular weight excluding hydrogens is 330 g/mol. The molecule has 1 aromatic carbocycles. The van der Waals surface area contributed by atoms with E-state index in [1.807, 2.05) is 50.2 Å². The van der Waals surface area contributed by atoms with E-state index in [1.54, 1.807) is 10.7 Å². The average Bonchev–Trinajstić information content (AvgIpc) is 3.23. The molecule has 0 aliphatic rings. The Labute approximate surface area is 149 Å². The summed E-state index contributed by atoms with van der Waals surface area (Å²) in [6.45, 7) is 3.92. The van der Waals surface area contributed by atoms with Crippen LogP contribution in [0.3, 0.4) is 0 Å². The number of hydrogen-bond donors (Lipinski definition) is 1. The Morgan fingerprint density at radius 2 is 2.00 bits per heavy atom. The number of carbonyl (C=O) groups is 1. The number of aryl methyl sites for hydroxylation is 2. The smallest absolute Gasteiger partial charge is 0.257 e. The van der Waals surface area contributed by atoms with Gasteiger partial charge in [0.05, 0.1) is 24.1 Å². The van der Waals surface area contributed by atoms with Gasteiger partial charge in [0, 0.05) is 11.8 Å². The van der Waals surface area contributed by atoms with Crippen LogP contribution >= 0.6 is 0 Å². The molecule has 1 amide bonds. The van der Waals surface area contributed by atoms with Gasteiger partial charge in [0.15, 0.2) is 5.65 Å². The van der Waals surface area contributed by atoms with Crippen LogP contribution in [0.25, 0.3) is 16.9 Å². The molecule has 0 saturated heterocycles. The van der Waals surface area contributed by atoms with Crippen LogP contribution < -0.4 is 5.32 Å². The summed E-state index contributed by atoms with van der Waals surface area (Å²) in [4.78, 5) is 21.1. The van der Waals surface area contributed by atoms with E-state index in [2.05, 4.69) is 20.4 Å². The van der Waals surface area contributed by atoms with Crippen molar-refractivity contribution < 1.29 is 9.21 Å². The van der Waals surface area contributed by atoms with E-state index in [4.69, 9.17) is 4.42 Å². The zero-order valence-corrected chi connectivity index (χ0v) is 14.4. The maximum absolute atomic E-state index is 12.6. The number of hydrogen-bond acceptors (Lipinski definition) is 5. The highest BCUT2D eigenvalue weighted by Crippen LogP contribution is 2.20. The third-order valence-corrected chi connectivity index (χ3v) is 4.19. The Bertz CT molecular complexity index is 1060. The van der Waals surface area contributed by atoms with E-state index in [9.17, 15) is 4.79 Å². The highest BCUT2D eigenvalue weighted by Gasteiger charge is 2.17. The van der Waals surface area contributed by atoms with Gasteiger partial charge >= 0.3 is 0 Å². The SMILES string of the molecule is Cc1nc(CNC(=O)c2cnn3c(-c4ccccc4)ccnc23)oc1C. The summed E-state index contributed by atoms with van der Waals surface area (Å²) < 4.78 is 7.15. The molecule has 0 radical (unpaired) electrons. The normalized spacial score (nSPS) is 11.0. The van der Waals surface area contributed by atoms with E-state index >= 15 is 0 Å². The second-order valence-electron chi connectivity index (χ2n) is 5.92. The zero-order chi connectivity index (χ0) is 18.1. The molecule has 0 aliphatic heterocycles. The van der Waals surface area contributed by atoms with Crippen LogP contribution in [0.5, 0.6) is 0 Å². The van der Waals surface area contributed by atoms with Gasteiger partial charge in [-0.1, -0.05) is 30.3 Å². The molecule has 0 bridgehead atoms. The molecule has 0 aliphatic carbocycles. The van der Waals surface area contributed by atoms with Gasteiger partial charge in [-0.25, -0.2) is 14.5 Å². The molecule has 26 heavy (non-hydrogen) atoms. The molecule has 0 atom stereocenters. The fourth-order valence-corrected chi connectivity index (χ4v) is 2.75. The van der Waals surface area contributed by atoms with E-state index in [0.29, 0.717) is 17.1 Å². The Morgan fingerprint density at radius 3 is 2.73 bits per heavy atom. The van der Waals surface area contributed by atoms with Crippen molar-refractivity contribution in [1.82, 2.24) is 24.9 Å². The Hall–Kier alpha value is -3.48. The minimum atomic E-state index is -0.272. The topological polar surface area (TPSA) is 85.3 Å². The predicted octanol–water partition coefficient (Wildman–Crippen LogP) is 2.93. The van der Waals surface area contributed by atoms with Crippen LogP contribution in [0.15, 0.2) is 53.2 Å². The van der Waals surface area contributed by atoms with Crippen LogP contribution in [0, 0.1) is 13.8 Å². The first kappa shape index (κ1) is 16.0. The van der Waals surface area contributed by atoms with Crippen molar-refractivity contribution in [2.45, 2.75) is 20.4 Å². The van der Waals surface area contributed by atoms with Gasteiger partial charge in [0.25, 0.3) is 5.91 Å². The van der Waals surface area contributed by atoms with E-state index < -0.39 is 0 Å². The second-order valence-corrected chi connectivity index (χ2v) is 5.92. The van der Waals surface area contributed by atoms with Gasteiger partial charge in [-0.2, -0.15) is 5.10 Å². The first-order valence-corrected chi connectivity index (χ1v) is 8.23. The summed E-state index contributed by atoms with van der Waals surface area (Å²) >= 11 is 0. The summed E-state index contributed by atoms with van der Waals surface area (Å²) in [5.41, 5.74) is 3.60. The number of benzene rings is 1. The quantitative estimate of drug-likeness (QED) is 0.613. The first-order valence-electron chi connectivity index (χ1n) is 8.23. The van der Waals surface area contributed by atoms with Gasteiger partial charge in [-0.15, -0.1) is 0 Å². The van der Waals surface area contributed by atoms with Gasteiger partial charge in [-0.05, 0) is 19.9 Å². The van der Waals surface area contributed by atoms with Crippen molar-refractivity contribution >= 4 is 11.6 Å². The Kier molecular flexibility index (Phi) is 3.96. The number of rotatable bonds is 4. The fraction of sp³-hybridized carbons (Fsp3) is 0.158.